The van der Waals surface area contributed by atoms with Gasteiger partial charge in [0.1, 0.15) is 6.04 Å². The van der Waals surface area contributed by atoms with Crippen LogP contribution < -0.4 is 5.73 Å². The fraction of sp³-hybridized carbons (Fsp3) is 0.500. The van der Waals surface area contributed by atoms with Gasteiger partial charge in [-0.2, -0.15) is 0 Å². The molecule has 0 aliphatic carbocycles. The minimum atomic E-state index is -0.0440. The van der Waals surface area contributed by atoms with Crippen molar-refractivity contribution < 1.29 is 5.21 Å². The first-order valence-corrected chi connectivity index (χ1v) is 5.96. The summed E-state index contributed by atoms with van der Waals surface area (Å²) in [5, 5.41) is 14.0. The van der Waals surface area contributed by atoms with E-state index in [1.165, 1.54) is 12.8 Å². The fourth-order valence-electron chi connectivity index (χ4n) is 2.01. The second-order valence-electron chi connectivity index (χ2n) is 3.69. The van der Waals surface area contributed by atoms with Gasteiger partial charge in [0, 0.05) is 4.88 Å². The summed E-state index contributed by atoms with van der Waals surface area (Å²) in [4.78, 5) is 3.41. The molecule has 0 unspecified atom stereocenters. The minimum absolute atomic E-state index is 0.0440. The Balaban J connectivity index is 2.23. The summed E-state index contributed by atoms with van der Waals surface area (Å²) in [6.07, 6.45) is 2.39. The lowest BCUT2D eigenvalue weighted by Gasteiger charge is -2.25. The van der Waals surface area contributed by atoms with Gasteiger partial charge in [-0.15, -0.1) is 11.3 Å². The maximum atomic E-state index is 8.81. The quantitative estimate of drug-likeness (QED) is 0.356. The van der Waals surface area contributed by atoms with Gasteiger partial charge in [0.15, 0.2) is 5.84 Å². The molecular formula is C10H15N3OS. The number of rotatable bonds is 3. The van der Waals surface area contributed by atoms with Gasteiger partial charge in [-0.3, -0.25) is 4.90 Å². The molecule has 1 fully saturated rings. The molecule has 1 atom stereocenters. The number of nitrogens with two attached hydrogens (primary N) is 1. The molecule has 15 heavy (non-hydrogen) atoms. The van der Waals surface area contributed by atoms with Crippen LogP contribution in [0.25, 0.3) is 0 Å². The monoisotopic (exact) mass is 225 g/mol. The smallest absolute Gasteiger partial charge is 0.161 e. The van der Waals surface area contributed by atoms with Crippen molar-refractivity contribution in [1.82, 2.24) is 4.90 Å². The van der Waals surface area contributed by atoms with Crippen LogP contribution in [0.5, 0.6) is 0 Å². The van der Waals surface area contributed by atoms with Crippen molar-refractivity contribution in [3.63, 3.8) is 0 Å². The normalized spacial score (nSPS) is 20.7. The van der Waals surface area contributed by atoms with Crippen molar-refractivity contribution >= 4 is 17.2 Å². The maximum Gasteiger partial charge on any atom is 0.161 e. The second-order valence-corrected chi connectivity index (χ2v) is 4.67. The van der Waals surface area contributed by atoms with E-state index in [4.69, 9.17) is 10.9 Å². The van der Waals surface area contributed by atoms with Gasteiger partial charge in [0.2, 0.25) is 0 Å². The molecule has 4 nitrogen and oxygen atoms in total. The lowest BCUT2D eigenvalue weighted by atomic mass is 10.2. The zero-order valence-electron chi connectivity index (χ0n) is 8.47. The zero-order valence-corrected chi connectivity index (χ0v) is 9.28. The Morgan fingerprint density at radius 2 is 2.27 bits per heavy atom. The van der Waals surface area contributed by atoms with Crippen LogP contribution in [-0.2, 0) is 0 Å². The Hall–Kier alpha value is -1.07. The van der Waals surface area contributed by atoms with Crippen LogP contribution in [0, 0.1) is 0 Å². The van der Waals surface area contributed by atoms with Crippen molar-refractivity contribution in [2.24, 2.45) is 10.9 Å². The summed E-state index contributed by atoms with van der Waals surface area (Å²) >= 11 is 1.65. The average molecular weight is 225 g/mol. The summed E-state index contributed by atoms with van der Waals surface area (Å²) in [7, 11) is 0. The summed E-state index contributed by atoms with van der Waals surface area (Å²) in [5.74, 6) is 0.291. The van der Waals surface area contributed by atoms with E-state index in [9.17, 15) is 0 Å². The van der Waals surface area contributed by atoms with Crippen LogP contribution in [0.3, 0.4) is 0 Å². The molecule has 0 amide bonds. The first-order valence-electron chi connectivity index (χ1n) is 5.08. The third-order valence-electron chi connectivity index (χ3n) is 2.71. The fourth-order valence-corrected chi connectivity index (χ4v) is 2.88. The van der Waals surface area contributed by atoms with Gasteiger partial charge < -0.3 is 10.9 Å². The number of thiophene rings is 1. The van der Waals surface area contributed by atoms with Crippen molar-refractivity contribution in [2.45, 2.75) is 18.9 Å². The Morgan fingerprint density at radius 1 is 1.53 bits per heavy atom. The molecule has 1 aromatic rings. The largest absolute Gasteiger partial charge is 0.409 e. The van der Waals surface area contributed by atoms with Gasteiger partial charge in [-0.05, 0) is 37.4 Å². The van der Waals surface area contributed by atoms with E-state index in [1.807, 2.05) is 17.5 Å². The Morgan fingerprint density at radius 3 is 2.80 bits per heavy atom. The highest BCUT2D eigenvalue weighted by atomic mass is 32.1. The molecule has 1 aliphatic rings. The van der Waals surface area contributed by atoms with Gasteiger partial charge >= 0.3 is 0 Å². The first kappa shape index (κ1) is 10.4. The molecule has 3 N–H and O–H groups in total. The number of hydrogen-bond acceptors (Lipinski definition) is 4. The summed E-state index contributed by atoms with van der Waals surface area (Å²) in [6.45, 7) is 2.05. The van der Waals surface area contributed by atoms with Gasteiger partial charge in [-0.1, -0.05) is 11.2 Å². The molecule has 0 radical (unpaired) electrons. The van der Waals surface area contributed by atoms with Crippen LogP contribution in [0.2, 0.25) is 0 Å². The highest BCUT2D eigenvalue weighted by Crippen LogP contribution is 2.28. The molecule has 0 bridgehead atoms. The van der Waals surface area contributed by atoms with Crippen molar-refractivity contribution in [1.29, 1.82) is 0 Å². The van der Waals surface area contributed by atoms with E-state index in [1.54, 1.807) is 11.3 Å². The van der Waals surface area contributed by atoms with E-state index in [0.29, 0.717) is 5.84 Å². The number of amidine groups is 1. The van der Waals surface area contributed by atoms with Crippen molar-refractivity contribution in [3.05, 3.63) is 22.4 Å². The predicted molar refractivity (Wildman–Crippen MR) is 61.3 cm³/mol. The molecule has 1 saturated heterocycles. The third-order valence-corrected chi connectivity index (χ3v) is 3.64. The van der Waals surface area contributed by atoms with Crippen LogP contribution in [0.4, 0.5) is 0 Å². The third kappa shape index (κ3) is 2.13. The van der Waals surface area contributed by atoms with Crippen molar-refractivity contribution in [3.8, 4) is 0 Å². The molecular weight excluding hydrogens is 210 g/mol. The zero-order chi connectivity index (χ0) is 10.7. The number of nitrogens with zero attached hydrogens (tertiary/aromatic N) is 2. The number of hydrogen-bond donors (Lipinski definition) is 2. The average Bonchev–Trinajstić information content (AvgIpc) is 2.90. The summed E-state index contributed by atoms with van der Waals surface area (Å²) in [5.41, 5.74) is 5.75. The van der Waals surface area contributed by atoms with E-state index in [2.05, 4.69) is 10.1 Å². The molecule has 5 heteroatoms. The standard InChI is InChI=1S/C10H15N3OS/c11-10(12-14)9(8-4-3-7-15-8)13-5-1-2-6-13/h3-4,7,9,14H,1-2,5-6H2,(H2,11,12)/t9-/m1/s1. The van der Waals surface area contributed by atoms with E-state index in [0.717, 1.165) is 18.0 Å². The molecule has 82 valence electrons. The van der Waals surface area contributed by atoms with E-state index >= 15 is 0 Å². The molecule has 0 aromatic carbocycles. The van der Waals surface area contributed by atoms with Gasteiger partial charge in [0.25, 0.3) is 0 Å². The Labute approximate surface area is 93.0 Å². The van der Waals surface area contributed by atoms with Crippen LogP contribution >= 0.6 is 11.3 Å². The summed E-state index contributed by atoms with van der Waals surface area (Å²) < 4.78 is 0. The van der Waals surface area contributed by atoms with Crippen LogP contribution in [-0.4, -0.2) is 29.0 Å². The predicted octanol–water partition coefficient (Wildman–Crippen LogP) is 1.63. The Bertz CT molecular complexity index is 330. The molecule has 2 rings (SSSR count). The maximum absolute atomic E-state index is 8.81. The number of oxime groups is 1. The van der Waals surface area contributed by atoms with Gasteiger partial charge in [0.05, 0.1) is 0 Å². The van der Waals surface area contributed by atoms with E-state index in [-0.39, 0.29) is 6.04 Å². The Kier molecular flexibility index (Phi) is 3.23. The van der Waals surface area contributed by atoms with E-state index < -0.39 is 0 Å². The molecule has 0 spiro atoms. The lowest BCUT2D eigenvalue weighted by molar-refractivity contribution is 0.280. The second kappa shape index (κ2) is 4.63. The van der Waals surface area contributed by atoms with Crippen LogP contribution in [0.15, 0.2) is 22.7 Å². The molecule has 1 aromatic heterocycles. The SMILES string of the molecule is NC(=NO)[C@@H](c1cccs1)N1CCCC1. The first-order chi connectivity index (χ1) is 7.33. The van der Waals surface area contributed by atoms with Gasteiger partial charge in [-0.25, -0.2) is 0 Å². The minimum Gasteiger partial charge on any atom is -0.409 e. The molecule has 1 aliphatic heterocycles. The summed E-state index contributed by atoms with van der Waals surface area (Å²) in [6, 6.07) is 3.98. The highest BCUT2D eigenvalue weighted by molar-refractivity contribution is 7.10. The topological polar surface area (TPSA) is 61.9 Å². The molecule has 0 saturated carbocycles. The van der Waals surface area contributed by atoms with Crippen molar-refractivity contribution in [2.75, 3.05) is 13.1 Å². The highest BCUT2D eigenvalue weighted by Gasteiger charge is 2.27. The number of likely N-dealkylation sites (tertiary alicyclic amines) is 1. The van der Waals surface area contributed by atoms with Crippen LogP contribution in [0.1, 0.15) is 23.8 Å². The lowest BCUT2D eigenvalue weighted by Crippen LogP contribution is -2.35. The molecule has 2 heterocycles.